The molecular weight excluding hydrogens is 460 g/mol. The van der Waals surface area contributed by atoms with Gasteiger partial charge in [0.15, 0.2) is 5.78 Å². The fourth-order valence-corrected chi connectivity index (χ4v) is 3.49. The van der Waals surface area contributed by atoms with Gasteiger partial charge in [0.05, 0.1) is 6.54 Å². The Morgan fingerprint density at radius 2 is 1.85 bits per heavy atom. The monoisotopic (exact) mass is 482 g/mol. The lowest BCUT2D eigenvalue weighted by Gasteiger charge is -2.10. The number of ketones is 1. The molecule has 2 rings (SSSR count). The van der Waals surface area contributed by atoms with Crippen molar-refractivity contribution in [3.05, 3.63) is 62.7 Å². The lowest BCUT2D eigenvalue weighted by Crippen LogP contribution is -2.30. The van der Waals surface area contributed by atoms with Crippen LogP contribution in [0.4, 0.5) is 17.6 Å². The zero-order valence-corrected chi connectivity index (χ0v) is 19.2. The van der Waals surface area contributed by atoms with Crippen LogP contribution in [0.2, 0.25) is 0 Å². The van der Waals surface area contributed by atoms with Crippen LogP contribution in [-0.4, -0.2) is 34.6 Å². The molecule has 1 aliphatic rings. The second-order valence-electron chi connectivity index (χ2n) is 7.05. The minimum absolute atomic E-state index is 0.00949. The molecule has 0 saturated heterocycles. The van der Waals surface area contributed by atoms with Gasteiger partial charge in [0.1, 0.15) is 39.0 Å². The third kappa shape index (κ3) is 7.14. The molecule has 1 heterocycles. The molecule has 0 bridgehead atoms. The molecule has 0 atom stereocenters. The summed E-state index contributed by atoms with van der Waals surface area (Å²) >= 11 is 1.11. The van der Waals surface area contributed by atoms with E-state index in [9.17, 15) is 27.2 Å². The van der Waals surface area contributed by atoms with Crippen LogP contribution >= 0.6 is 11.3 Å². The topological polar surface area (TPSA) is 84.3 Å². The number of hydrogen-bond donors (Lipinski definition) is 1. The Morgan fingerprint density at radius 1 is 1.15 bits per heavy atom. The first-order chi connectivity index (χ1) is 15.5. The Balaban J connectivity index is 2.13. The predicted molar refractivity (Wildman–Crippen MR) is 119 cm³/mol. The smallest absolute Gasteiger partial charge is 0.269 e. The van der Waals surface area contributed by atoms with Crippen molar-refractivity contribution in [3.8, 4) is 0 Å². The summed E-state index contributed by atoms with van der Waals surface area (Å²) in [4.78, 5) is 29.0. The predicted octanol–water partition coefficient (Wildman–Crippen LogP) is 5.19. The first kappa shape index (κ1) is 26.0. The second-order valence-corrected chi connectivity index (χ2v) is 8.12. The largest absolute Gasteiger partial charge is 0.344 e. The van der Waals surface area contributed by atoms with E-state index in [0.717, 1.165) is 17.4 Å². The molecular formula is C22H22F4N4O2S. The van der Waals surface area contributed by atoms with Crippen LogP contribution in [0.1, 0.15) is 43.6 Å². The van der Waals surface area contributed by atoms with E-state index in [-0.39, 0.29) is 36.5 Å². The zero-order valence-electron chi connectivity index (χ0n) is 18.4. The highest BCUT2D eigenvalue weighted by molar-refractivity contribution is 7.12. The van der Waals surface area contributed by atoms with Crippen LogP contribution in [-0.2, 0) is 16.1 Å². The number of aromatic nitrogens is 2. The lowest BCUT2D eigenvalue weighted by atomic mass is 9.96. The number of Topliss-reactive ketones (excluding diaryl/α,β-unsaturated/α-hetero) is 1. The Morgan fingerprint density at radius 3 is 2.48 bits per heavy atom. The molecule has 11 heteroatoms. The lowest BCUT2D eigenvalue weighted by molar-refractivity contribution is -0.114. The van der Waals surface area contributed by atoms with Crippen molar-refractivity contribution in [1.82, 2.24) is 15.5 Å². The van der Waals surface area contributed by atoms with Crippen molar-refractivity contribution in [1.29, 1.82) is 0 Å². The average molecular weight is 483 g/mol. The fourth-order valence-electron chi connectivity index (χ4n) is 2.67. The molecule has 6 nitrogen and oxygen atoms in total. The number of halogens is 4. The van der Waals surface area contributed by atoms with E-state index in [2.05, 4.69) is 20.5 Å². The Hall–Kier alpha value is -3.21. The average Bonchev–Trinajstić information content (AvgIpc) is 3.22. The van der Waals surface area contributed by atoms with Crippen LogP contribution < -0.4 is 5.32 Å². The molecule has 1 aromatic rings. The summed E-state index contributed by atoms with van der Waals surface area (Å²) in [7, 11) is 1.33. The summed E-state index contributed by atoms with van der Waals surface area (Å²) in [5.41, 5.74) is -0.210. The van der Waals surface area contributed by atoms with Crippen molar-refractivity contribution in [2.75, 3.05) is 7.05 Å². The fraction of sp³-hybridized carbons (Fsp3) is 0.318. The van der Waals surface area contributed by atoms with Crippen molar-refractivity contribution >= 4 is 34.3 Å². The van der Waals surface area contributed by atoms with Gasteiger partial charge in [-0.25, -0.2) is 17.6 Å². The van der Waals surface area contributed by atoms with Crippen LogP contribution in [0.25, 0.3) is 5.57 Å². The maximum absolute atomic E-state index is 14.3. The van der Waals surface area contributed by atoms with Gasteiger partial charge in [-0.05, 0) is 38.8 Å². The van der Waals surface area contributed by atoms with E-state index >= 15 is 0 Å². The minimum Gasteiger partial charge on any atom is -0.344 e. The maximum Gasteiger partial charge on any atom is 0.269 e. The molecule has 176 valence electrons. The van der Waals surface area contributed by atoms with Gasteiger partial charge in [-0.15, -0.1) is 10.2 Å². The number of allylic oxidation sites excluding steroid dienone is 9. The van der Waals surface area contributed by atoms with E-state index in [0.29, 0.717) is 27.7 Å². The van der Waals surface area contributed by atoms with Gasteiger partial charge in [-0.1, -0.05) is 11.3 Å². The number of carbonyl (C=O) groups excluding carboxylic acids is 2. The molecule has 1 aromatic heterocycles. The number of nitrogens with one attached hydrogen (secondary N) is 1. The summed E-state index contributed by atoms with van der Waals surface area (Å²) in [5.74, 6) is -4.88. The Kier molecular flexibility index (Phi) is 9.15. The highest BCUT2D eigenvalue weighted by atomic mass is 32.1. The van der Waals surface area contributed by atoms with E-state index in [1.165, 1.54) is 20.9 Å². The second kappa shape index (κ2) is 11.6. The highest BCUT2D eigenvalue weighted by Crippen LogP contribution is 2.26. The maximum atomic E-state index is 14.3. The first-order valence-electron chi connectivity index (χ1n) is 9.79. The van der Waals surface area contributed by atoms with E-state index in [1.807, 2.05) is 0 Å². The zero-order chi connectivity index (χ0) is 24.7. The minimum atomic E-state index is -1.14. The molecule has 1 aliphatic carbocycles. The van der Waals surface area contributed by atoms with Crippen LogP contribution in [0.5, 0.6) is 0 Å². The van der Waals surface area contributed by atoms with Crippen LogP contribution in [0.15, 0.2) is 57.7 Å². The standard InChI is InChI=1S/C22H22F4N4O2S/c1-11(20(31)16-6-5-14(24)8-15(25)9-17(16)26)7-18(27-4)21(32)28-10-19-29-30-22(33-19)12(2)13(3)23/h7-9H,5-6,10H2,1-4H3,(H,28,32)/b11-7+,13-12-,14-8+,15-9+,17-16?,27-18?. The van der Waals surface area contributed by atoms with Gasteiger partial charge >= 0.3 is 0 Å². The molecule has 0 aliphatic heterocycles. The van der Waals surface area contributed by atoms with Crippen molar-refractivity contribution in [2.24, 2.45) is 4.99 Å². The van der Waals surface area contributed by atoms with E-state index in [1.54, 1.807) is 6.92 Å². The van der Waals surface area contributed by atoms with Gasteiger partial charge in [-0.2, -0.15) is 0 Å². The first-order valence-corrected chi connectivity index (χ1v) is 10.6. The summed E-state index contributed by atoms with van der Waals surface area (Å²) in [6, 6.07) is 0. The summed E-state index contributed by atoms with van der Waals surface area (Å²) in [6.45, 7) is 4.20. The summed E-state index contributed by atoms with van der Waals surface area (Å²) in [6.07, 6.45) is 1.57. The van der Waals surface area contributed by atoms with Crippen molar-refractivity contribution in [3.63, 3.8) is 0 Å². The third-order valence-electron chi connectivity index (χ3n) is 4.62. The molecule has 0 aromatic carbocycles. The van der Waals surface area contributed by atoms with Crippen LogP contribution in [0.3, 0.4) is 0 Å². The van der Waals surface area contributed by atoms with Crippen LogP contribution in [0, 0.1) is 0 Å². The quantitative estimate of drug-likeness (QED) is 0.330. The van der Waals surface area contributed by atoms with E-state index in [4.69, 9.17) is 0 Å². The molecule has 0 unspecified atom stereocenters. The van der Waals surface area contributed by atoms with Gasteiger partial charge in [0.25, 0.3) is 5.91 Å². The SMILES string of the molecule is CN=C(/C=C(\C)C(=O)C1=C(F)/C=C(F)\C=C(\F)CC1)C(=O)NCc1nnc(/C(C)=C(/C)F)s1. The summed E-state index contributed by atoms with van der Waals surface area (Å²) in [5, 5.41) is 11.1. The number of aliphatic imine (C=N–C) groups is 1. The molecule has 1 amide bonds. The van der Waals surface area contributed by atoms with Gasteiger partial charge in [0, 0.05) is 36.8 Å². The van der Waals surface area contributed by atoms with Crippen molar-refractivity contribution < 1.29 is 27.2 Å². The van der Waals surface area contributed by atoms with Gasteiger partial charge < -0.3 is 5.32 Å². The third-order valence-corrected chi connectivity index (χ3v) is 5.67. The summed E-state index contributed by atoms with van der Waals surface area (Å²) < 4.78 is 54.6. The van der Waals surface area contributed by atoms with Gasteiger partial charge in [-0.3, -0.25) is 14.6 Å². The normalized spacial score (nSPS) is 19.6. The number of amides is 1. The Bertz CT molecular complexity index is 1140. The number of carbonyl (C=O) groups is 2. The number of nitrogens with zero attached hydrogens (tertiary/aromatic N) is 3. The molecule has 1 N–H and O–H groups in total. The Labute approximate surface area is 192 Å². The highest BCUT2D eigenvalue weighted by Gasteiger charge is 2.21. The molecule has 33 heavy (non-hydrogen) atoms. The molecule has 0 spiro atoms. The molecule has 0 saturated carbocycles. The molecule has 0 fully saturated rings. The number of hydrogen-bond acceptors (Lipinski definition) is 6. The molecule has 0 radical (unpaired) electrons. The number of rotatable bonds is 7. The van der Waals surface area contributed by atoms with Crippen molar-refractivity contribution in [2.45, 2.75) is 40.2 Å². The van der Waals surface area contributed by atoms with Gasteiger partial charge in [0.2, 0.25) is 0 Å². The van der Waals surface area contributed by atoms with E-state index < -0.39 is 34.7 Å².